The van der Waals surface area contributed by atoms with Gasteiger partial charge in [0.2, 0.25) is 0 Å². The Morgan fingerprint density at radius 1 is 1.33 bits per heavy atom. The Labute approximate surface area is 85.8 Å². The molecule has 66 valence electrons. The van der Waals surface area contributed by atoms with Crippen molar-refractivity contribution in [3.63, 3.8) is 0 Å². The summed E-state index contributed by atoms with van der Waals surface area (Å²) in [6, 6.07) is 4.99. The number of methoxy groups -OCH3 is 1. The fourth-order valence-electron chi connectivity index (χ4n) is 0.754. The molecule has 0 atom stereocenters. The number of halogens is 3. The molecule has 0 amide bonds. The topological polar surface area (TPSA) is 12.5 Å². The van der Waals surface area contributed by atoms with Gasteiger partial charge in [0.25, 0.3) is 0 Å². The molecule has 2 nitrogen and oxygen atoms in total. The van der Waals surface area contributed by atoms with Gasteiger partial charge in [0, 0.05) is 29.6 Å². The molecular weight excluding hydrogens is 220 g/mol. The van der Waals surface area contributed by atoms with Crippen LogP contribution >= 0.6 is 35.2 Å². The van der Waals surface area contributed by atoms with Gasteiger partial charge in [-0.25, -0.2) is 0 Å². The highest BCUT2D eigenvalue weighted by Gasteiger charge is 2.04. The third kappa shape index (κ3) is 2.09. The van der Waals surface area contributed by atoms with Crippen molar-refractivity contribution in [3.8, 4) is 5.75 Å². The third-order valence-corrected chi connectivity index (χ3v) is 2.03. The van der Waals surface area contributed by atoms with Gasteiger partial charge in [-0.1, -0.05) is 11.6 Å². The SMILES string of the molecule is COc1cc(N(Cl)Cl)ccc1Cl. The molecule has 0 spiro atoms. The fourth-order valence-corrected chi connectivity index (χ4v) is 1.16. The van der Waals surface area contributed by atoms with Crippen molar-refractivity contribution in [2.45, 2.75) is 0 Å². The van der Waals surface area contributed by atoms with E-state index >= 15 is 0 Å². The minimum Gasteiger partial charge on any atom is -0.495 e. The Bertz CT molecular complexity index is 277. The Morgan fingerprint density at radius 3 is 2.50 bits per heavy atom. The number of benzene rings is 1. The number of nitrogens with zero attached hydrogens (tertiary/aromatic N) is 1. The average Bonchev–Trinajstić information content (AvgIpc) is 2.05. The lowest BCUT2D eigenvalue weighted by atomic mass is 10.3. The van der Waals surface area contributed by atoms with Gasteiger partial charge in [0.1, 0.15) is 5.75 Å². The lowest BCUT2D eigenvalue weighted by Crippen LogP contribution is -1.92. The van der Waals surface area contributed by atoms with Crippen molar-refractivity contribution < 1.29 is 4.74 Å². The normalized spacial score (nSPS) is 9.67. The molecule has 0 unspecified atom stereocenters. The van der Waals surface area contributed by atoms with E-state index < -0.39 is 0 Å². The van der Waals surface area contributed by atoms with E-state index in [0.717, 1.165) is 3.94 Å². The van der Waals surface area contributed by atoms with Crippen molar-refractivity contribution in [2.75, 3.05) is 11.0 Å². The molecule has 0 aromatic heterocycles. The number of anilines is 1. The number of hydrogen-bond acceptors (Lipinski definition) is 2. The van der Waals surface area contributed by atoms with E-state index in [9.17, 15) is 0 Å². The molecule has 0 heterocycles. The van der Waals surface area contributed by atoms with Crippen LogP contribution in [0.2, 0.25) is 5.02 Å². The second-order valence-electron chi connectivity index (χ2n) is 2.05. The summed E-state index contributed by atoms with van der Waals surface area (Å²) < 4.78 is 5.90. The molecule has 0 aliphatic carbocycles. The summed E-state index contributed by atoms with van der Waals surface area (Å²) in [6.07, 6.45) is 0. The molecule has 0 N–H and O–H groups in total. The summed E-state index contributed by atoms with van der Waals surface area (Å²) in [4.78, 5) is 0. The smallest absolute Gasteiger partial charge is 0.139 e. The van der Waals surface area contributed by atoms with Gasteiger partial charge in [-0.2, -0.15) is 3.94 Å². The molecule has 1 aromatic rings. The first-order valence-electron chi connectivity index (χ1n) is 3.10. The molecular formula is C7H6Cl3NO. The molecule has 0 radical (unpaired) electrons. The van der Waals surface area contributed by atoms with Crippen LogP contribution in [0.3, 0.4) is 0 Å². The predicted molar refractivity (Wildman–Crippen MR) is 52.2 cm³/mol. The van der Waals surface area contributed by atoms with Gasteiger partial charge >= 0.3 is 0 Å². The molecule has 0 aliphatic rings. The number of ether oxygens (including phenoxy) is 1. The van der Waals surface area contributed by atoms with E-state index in [1.807, 2.05) is 0 Å². The molecule has 12 heavy (non-hydrogen) atoms. The fraction of sp³-hybridized carbons (Fsp3) is 0.143. The van der Waals surface area contributed by atoms with Gasteiger partial charge in [-0.3, -0.25) is 0 Å². The van der Waals surface area contributed by atoms with Gasteiger partial charge in [-0.05, 0) is 12.1 Å². The minimum absolute atomic E-state index is 0.524. The Balaban J connectivity index is 3.05. The zero-order chi connectivity index (χ0) is 9.14. The van der Waals surface area contributed by atoms with Crippen LogP contribution in [0.25, 0.3) is 0 Å². The second-order valence-corrected chi connectivity index (χ2v) is 3.31. The van der Waals surface area contributed by atoms with Crippen LogP contribution in [0.1, 0.15) is 0 Å². The van der Waals surface area contributed by atoms with Gasteiger partial charge in [0.15, 0.2) is 0 Å². The van der Waals surface area contributed by atoms with E-state index in [4.69, 9.17) is 39.9 Å². The Morgan fingerprint density at radius 2 is 2.00 bits per heavy atom. The molecule has 0 saturated carbocycles. The van der Waals surface area contributed by atoms with Crippen molar-refractivity contribution in [2.24, 2.45) is 0 Å². The van der Waals surface area contributed by atoms with Gasteiger partial charge in [0.05, 0.1) is 17.8 Å². The summed E-state index contributed by atoms with van der Waals surface area (Å²) in [6.45, 7) is 0. The minimum atomic E-state index is 0.524. The van der Waals surface area contributed by atoms with Crippen LogP contribution in [0.5, 0.6) is 5.75 Å². The standard InChI is InChI=1S/C7H6Cl3NO/c1-12-7-4-5(11(9)10)2-3-6(7)8/h2-4H,1H3. The van der Waals surface area contributed by atoms with Crippen LogP contribution in [0.15, 0.2) is 18.2 Å². The van der Waals surface area contributed by atoms with E-state index in [2.05, 4.69) is 0 Å². The largest absolute Gasteiger partial charge is 0.495 e. The second kappa shape index (κ2) is 4.08. The van der Waals surface area contributed by atoms with Crippen molar-refractivity contribution >= 4 is 40.8 Å². The summed E-state index contributed by atoms with van der Waals surface area (Å²) in [7, 11) is 1.53. The Hall–Kier alpha value is -0.310. The van der Waals surface area contributed by atoms with Gasteiger partial charge in [-0.15, -0.1) is 0 Å². The zero-order valence-corrected chi connectivity index (χ0v) is 8.49. The maximum atomic E-state index is 5.77. The molecule has 5 heteroatoms. The highest BCUT2D eigenvalue weighted by Crippen LogP contribution is 2.30. The lowest BCUT2D eigenvalue weighted by Gasteiger charge is -2.08. The Kier molecular flexibility index (Phi) is 3.32. The maximum absolute atomic E-state index is 5.77. The molecule has 0 fully saturated rings. The molecule has 0 aliphatic heterocycles. The quantitative estimate of drug-likeness (QED) is 0.716. The van der Waals surface area contributed by atoms with E-state index in [1.54, 1.807) is 18.2 Å². The van der Waals surface area contributed by atoms with E-state index in [-0.39, 0.29) is 0 Å². The van der Waals surface area contributed by atoms with Crippen molar-refractivity contribution in [1.29, 1.82) is 0 Å². The van der Waals surface area contributed by atoms with E-state index in [0.29, 0.717) is 16.5 Å². The highest BCUT2D eigenvalue weighted by molar-refractivity contribution is 6.49. The summed E-state index contributed by atoms with van der Waals surface area (Å²) in [5.74, 6) is 0.542. The van der Waals surface area contributed by atoms with Crippen molar-refractivity contribution in [1.82, 2.24) is 0 Å². The highest BCUT2D eigenvalue weighted by atomic mass is 35.5. The average molecular weight is 226 g/mol. The number of hydrogen-bond donors (Lipinski definition) is 0. The monoisotopic (exact) mass is 225 g/mol. The van der Waals surface area contributed by atoms with E-state index in [1.165, 1.54) is 7.11 Å². The number of rotatable bonds is 2. The maximum Gasteiger partial charge on any atom is 0.139 e. The lowest BCUT2D eigenvalue weighted by molar-refractivity contribution is 0.415. The van der Waals surface area contributed by atoms with Crippen LogP contribution in [0.4, 0.5) is 5.69 Å². The summed E-state index contributed by atoms with van der Waals surface area (Å²) in [5, 5.41) is 0.524. The zero-order valence-electron chi connectivity index (χ0n) is 6.22. The first-order valence-corrected chi connectivity index (χ1v) is 4.16. The molecule has 1 rings (SSSR count). The third-order valence-electron chi connectivity index (χ3n) is 1.33. The molecule has 0 bridgehead atoms. The van der Waals surface area contributed by atoms with Crippen molar-refractivity contribution in [3.05, 3.63) is 23.2 Å². The summed E-state index contributed by atoms with van der Waals surface area (Å²) in [5.41, 5.74) is 0.611. The van der Waals surface area contributed by atoms with Crippen LogP contribution < -0.4 is 8.67 Å². The summed E-state index contributed by atoms with van der Waals surface area (Å²) >= 11 is 16.7. The molecule has 0 saturated heterocycles. The first-order chi connectivity index (χ1) is 5.65. The predicted octanol–water partition coefficient (Wildman–Crippen LogP) is 3.46. The van der Waals surface area contributed by atoms with Crippen LogP contribution in [-0.4, -0.2) is 7.11 Å². The molecule has 1 aromatic carbocycles. The van der Waals surface area contributed by atoms with Gasteiger partial charge < -0.3 is 4.74 Å². The van der Waals surface area contributed by atoms with Crippen LogP contribution in [-0.2, 0) is 0 Å². The first kappa shape index (κ1) is 9.78. The van der Waals surface area contributed by atoms with Crippen LogP contribution in [0, 0.1) is 0 Å².